The van der Waals surface area contributed by atoms with Crippen molar-refractivity contribution < 1.29 is 21.6 Å². The molecule has 0 aliphatic heterocycles. The Balaban J connectivity index is 1.76. The third-order valence-corrected chi connectivity index (χ3v) is 5.57. The van der Waals surface area contributed by atoms with Crippen LogP contribution in [-0.2, 0) is 16.2 Å². The molecule has 0 N–H and O–H groups in total. The smallest absolute Gasteiger partial charge is 0.227 e. The molecule has 0 bridgehead atoms. The molecule has 0 fully saturated rings. The van der Waals surface area contributed by atoms with E-state index in [2.05, 4.69) is 4.98 Å². The quantitative estimate of drug-likeness (QED) is 0.461. The van der Waals surface area contributed by atoms with Crippen LogP contribution in [0.3, 0.4) is 0 Å². The minimum Gasteiger partial charge on any atom is -0.227 e. The molecule has 0 aliphatic rings. The minimum atomic E-state index is -4.38. The highest BCUT2D eigenvalue weighted by Gasteiger charge is 2.30. The monoisotopic (exact) mass is 416 g/mol. The Bertz CT molecular complexity index is 1290. The van der Waals surface area contributed by atoms with E-state index >= 15 is 0 Å². The van der Waals surface area contributed by atoms with Crippen molar-refractivity contribution in [3.63, 3.8) is 0 Å². The molecular formula is C21H15F3N2O2S. The van der Waals surface area contributed by atoms with Gasteiger partial charge in [-0.25, -0.2) is 17.4 Å². The van der Waals surface area contributed by atoms with Crippen LogP contribution in [0.25, 0.3) is 33.5 Å². The van der Waals surface area contributed by atoms with E-state index < -0.39 is 21.8 Å². The van der Waals surface area contributed by atoms with Gasteiger partial charge in [-0.3, -0.25) is 0 Å². The third kappa shape index (κ3) is 3.63. The van der Waals surface area contributed by atoms with Gasteiger partial charge < -0.3 is 0 Å². The summed E-state index contributed by atoms with van der Waals surface area (Å²) in [5, 5.41) is 0. The Morgan fingerprint density at radius 1 is 0.793 bits per heavy atom. The Labute approximate surface area is 165 Å². The molecule has 0 atom stereocenters. The number of fused-ring (bicyclic) bond motifs is 1. The molecule has 0 aliphatic carbocycles. The van der Waals surface area contributed by atoms with Crippen molar-refractivity contribution in [1.29, 1.82) is 0 Å². The second kappa shape index (κ2) is 6.73. The van der Waals surface area contributed by atoms with Crippen molar-refractivity contribution in [3.05, 3.63) is 78.4 Å². The summed E-state index contributed by atoms with van der Waals surface area (Å²) in [5.74, 6) is 0.285. The zero-order valence-corrected chi connectivity index (χ0v) is 16.0. The summed E-state index contributed by atoms with van der Waals surface area (Å²) >= 11 is 0. The van der Waals surface area contributed by atoms with Crippen molar-refractivity contribution >= 4 is 21.1 Å². The van der Waals surface area contributed by atoms with E-state index in [1.54, 1.807) is 48.5 Å². The van der Waals surface area contributed by atoms with E-state index in [0.717, 1.165) is 18.4 Å². The van der Waals surface area contributed by atoms with Gasteiger partial charge in [-0.15, -0.1) is 0 Å². The summed E-state index contributed by atoms with van der Waals surface area (Å²) in [5.41, 5.74) is 2.25. The van der Waals surface area contributed by atoms with Crippen LogP contribution in [0.1, 0.15) is 5.56 Å². The Morgan fingerprint density at radius 3 is 1.86 bits per heavy atom. The molecule has 0 saturated heterocycles. The zero-order valence-electron chi connectivity index (χ0n) is 15.2. The van der Waals surface area contributed by atoms with Crippen LogP contribution in [0.4, 0.5) is 13.2 Å². The van der Waals surface area contributed by atoms with Crippen LogP contribution >= 0.6 is 0 Å². The molecule has 148 valence electrons. The molecule has 1 aromatic heterocycles. The summed E-state index contributed by atoms with van der Waals surface area (Å²) in [4.78, 5) is 4.45. The van der Waals surface area contributed by atoms with Crippen LogP contribution in [0.5, 0.6) is 0 Å². The number of halogens is 3. The number of rotatable bonds is 3. The number of alkyl halides is 3. The summed E-state index contributed by atoms with van der Waals surface area (Å²) < 4.78 is 64.0. The predicted octanol–water partition coefficient (Wildman–Crippen LogP) is 5.20. The zero-order chi connectivity index (χ0) is 20.8. The van der Waals surface area contributed by atoms with Gasteiger partial charge in [0.2, 0.25) is 10.0 Å². The SMILES string of the molecule is CS(=O)(=O)n1c(-c2ccc(-c3ccc(C(F)(F)F)cc3)cc2)nc2ccccc21. The first kappa shape index (κ1) is 19.2. The van der Waals surface area contributed by atoms with Crippen molar-refractivity contribution in [1.82, 2.24) is 8.96 Å². The lowest BCUT2D eigenvalue weighted by Gasteiger charge is -2.09. The number of para-hydroxylation sites is 2. The molecule has 8 heteroatoms. The van der Waals surface area contributed by atoms with E-state index in [1.165, 1.54) is 16.1 Å². The topological polar surface area (TPSA) is 52.0 Å². The molecule has 4 nitrogen and oxygen atoms in total. The number of nitrogens with zero attached hydrogens (tertiary/aromatic N) is 2. The normalized spacial score (nSPS) is 12.4. The van der Waals surface area contributed by atoms with Crippen LogP contribution in [0.15, 0.2) is 72.8 Å². The minimum absolute atomic E-state index is 0.285. The summed E-state index contributed by atoms with van der Waals surface area (Å²) in [6.07, 6.45) is -3.27. The van der Waals surface area contributed by atoms with Gasteiger partial charge >= 0.3 is 6.18 Å². The average Bonchev–Trinajstić information content (AvgIpc) is 3.07. The van der Waals surface area contributed by atoms with Gasteiger partial charge in [-0.2, -0.15) is 13.2 Å². The highest BCUT2D eigenvalue weighted by molar-refractivity contribution is 7.89. The molecule has 0 spiro atoms. The molecule has 0 amide bonds. The molecule has 0 radical (unpaired) electrons. The lowest BCUT2D eigenvalue weighted by Crippen LogP contribution is -2.11. The van der Waals surface area contributed by atoms with Crippen LogP contribution in [0, 0.1) is 0 Å². The molecule has 0 unspecified atom stereocenters. The van der Waals surface area contributed by atoms with Gasteiger partial charge in [0.25, 0.3) is 0 Å². The van der Waals surface area contributed by atoms with Crippen molar-refractivity contribution in [3.8, 4) is 22.5 Å². The van der Waals surface area contributed by atoms with Crippen LogP contribution in [-0.4, -0.2) is 23.6 Å². The van der Waals surface area contributed by atoms with E-state index in [0.29, 0.717) is 27.7 Å². The summed E-state index contributed by atoms with van der Waals surface area (Å²) in [7, 11) is -3.60. The van der Waals surface area contributed by atoms with E-state index in [1.807, 2.05) is 0 Å². The van der Waals surface area contributed by atoms with Gasteiger partial charge in [0.05, 0.1) is 22.9 Å². The third-order valence-electron chi connectivity index (χ3n) is 4.54. The second-order valence-corrected chi connectivity index (χ2v) is 8.44. The van der Waals surface area contributed by atoms with E-state index in [-0.39, 0.29) is 5.82 Å². The maximum atomic E-state index is 12.7. The molecule has 1 heterocycles. The van der Waals surface area contributed by atoms with Gasteiger partial charge in [0.1, 0.15) is 0 Å². The van der Waals surface area contributed by atoms with Gasteiger partial charge in [0.15, 0.2) is 5.82 Å². The van der Waals surface area contributed by atoms with Crippen molar-refractivity contribution in [2.24, 2.45) is 0 Å². The molecule has 4 rings (SSSR count). The van der Waals surface area contributed by atoms with Crippen LogP contribution in [0.2, 0.25) is 0 Å². The number of hydrogen-bond acceptors (Lipinski definition) is 3. The van der Waals surface area contributed by atoms with E-state index in [9.17, 15) is 21.6 Å². The van der Waals surface area contributed by atoms with Gasteiger partial charge in [-0.05, 0) is 35.4 Å². The first-order chi connectivity index (χ1) is 13.6. The maximum Gasteiger partial charge on any atom is 0.416 e. The average molecular weight is 416 g/mol. The Kier molecular flexibility index (Phi) is 4.46. The molecule has 4 aromatic rings. The lowest BCUT2D eigenvalue weighted by molar-refractivity contribution is -0.137. The van der Waals surface area contributed by atoms with Crippen molar-refractivity contribution in [2.75, 3.05) is 6.26 Å². The Hall–Kier alpha value is -3.13. The lowest BCUT2D eigenvalue weighted by atomic mass is 10.0. The first-order valence-corrected chi connectivity index (χ1v) is 10.5. The summed E-state index contributed by atoms with van der Waals surface area (Å²) in [6.45, 7) is 0. The highest BCUT2D eigenvalue weighted by atomic mass is 32.2. The van der Waals surface area contributed by atoms with Gasteiger partial charge in [-0.1, -0.05) is 48.5 Å². The maximum absolute atomic E-state index is 12.7. The Morgan fingerprint density at radius 2 is 1.31 bits per heavy atom. The number of hydrogen-bond donors (Lipinski definition) is 0. The van der Waals surface area contributed by atoms with E-state index in [4.69, 9.17) is 0 Å². The number of aromatic nitrogens is 2. The second-order valence-electron chi connectivity index (χ2n) is 6.60. The molecule has 0 saturated carbocycles. The number of imidazole rings is 1. The molecular weight excluding hydrogens is 401 g/mol. The largest absolute Gasteiger partial charge is 0.416 e. The fraction of sp³-hybridized carbons (Fsp3) is 0.0952. The van der Waals surface area contributed by atoms with Crippen molar-refractivity contribution in [2.45, 2.75) is 6.18 Å². The molecule has 29 heavy (non-hydrogen) atoms. The fourth-order valence-electron chi connectivity index (χ4n) is 3.18. The van der Waals surface area contributed by atoms with Crippen LogP contribution < -0.4 is 0 Å². The fourth-order valence-corrected chi connectivity index (χ4v) is 4.16. The highest BCUT2D eigenvalue weighted by Crippen LogP contribution is 2.32. The summed E-state index contributed by atoms with van der Waals surface area (Å²) in [6, 6.07) is 18.7. The molecule has 3 aromatic carbocycles. The van der Waals surface area contributed by atoms with Gasteiger partial charge in [0, 0.05) is 5.56 Å². The standard InChI is InChI=1S/C21H15F3N2O2S/c1-29(27,28)26-19-5-3-2-4-18(19)25-20(26)16-8-6-14(7-9-16)15-10-12-17(13-11-15)21(22,23)24/h2-13H,1H3. The predicted molar refractivity (Wildman–Crippen MR) is 106 cm³/mol. The number of benzene rings is 3. The first-order valence-electron chi connectivity index (χ1n) is 8.61.